The Bertz CT molecular complexity index is 573. The van der Waals surface area contributed by atoms with E-state index in [1.165, 1.54) is 51.4 Å². The number of aliphatic hydroxyl groups is 2. The molecule has 0 amide bonds. The third-order valence-corrected chi connectivity index (χ3v) is 10.9. The van der Waals surface area contributed by atoms with Crippen LogP contribution >= 0.6 is 0 Å². The first-order valence-corrected chi connectivity index (χ1v) is 13.0. The van der Waals surface area contributed by atoms with Gasteiger partial charge in [-0.15, -0.1) is 0 Å². The average Bonchev–Trinajstić information content (AvgIpc) is 3.02. The van der Waals surface area contributed by atoms with Gasteiger partial charge in [-0.05, 0) is 104 Å². The molecule has 1 unspecified atom stereocenters. The third kappa shape index (κ3) is 3.63. The van der Waals surface area contributed by atoms with Gasteiger partial charge in [0, 0.05) is 0 Å². The predicted molar refractivity (Wildman–Crippen MR) is 120 cm³/mol. The molecule has 29 heavy (non-hydrogen) atoms. The second-order valence-electron chi connectivity index (χ2n) is 12.7. The molecule has 0 heterocycles. The topological polar surface area (TPSA) is 40.5 Å². The molecule has 0 bridgehead atoms. The van der Waals surface area contributed by atoms with Crippen molar-refractivity contribution in [1.82, 2.24) is 0 Å². The van der Waals surface area contributed by atoms with E-state index >= 15 is 0 Å². The quantitative estimate of drug-likeness (QED) is 0.553. The summed E-state index contributed by atoms with van der Waals surface area (Å²) >= 11 is 0. The molecule has 10 atom stereocenters. The van der Waals surface area contributed by atoms with Crippen molar-refractivity contribution in [3.05, 3.63) is 0 Å². The van der Waals surface area contributed by atoms with Crippen LogP contribution in [0.25, 0.3) is 0 Å². The summed E-state index contributed by atoms with van der Waals surface area (Å²) in [6.07, 6.45) is 13.3. The fourth-order valence-corrected chi connectivity index (χ4v) is 9.34. The molecule has 2 nitrogen and oxygen atoms in total. The molecule has 4 aliphatic carbocycles. The van der Waals surface area contributed by atoms with Crippen LogP contribution in [0, 0.1) is 52.3 Å². The van der Waals surface area contributed by atoms with Crippen molar-refractivity contribution in [2.75, 3.05) is 0 Å². The van der Waals surface area contributed by atoms with Crippen molar-refractivity contribution in [2.24, 2.45) is 52.3 Å². The first kappa shape index (κ1) is 22.1. The normalized spacial score (nSPS) is 50.7. The molecule has 0 aliphatic heterocycles. The van der Waals surface area contributed by atoms with Gasteiger partial charge in [-0.1, -0.05) is 53.9 Å². The van der Waals surface area contributed by atoms with Gasteiger partial charge in [-0.3, -0.25) is 0 Å². The van der Waals surface area contributed by atoms with Crippen LogP contribution in [-0.4, -0.2) is 22.4 Å². The van der Waals surface area contributed by atoms with E-state index in [2.05, 4.69) is 34.6 Å². The van der Waals surface area contributed by atoms with Gasteiger partial charge in [0.05, 0.1) is 12.2 Å². The summed E-state index contributed by atoms with van der Waals surface area (Å²) in [4.78, 5) is 0. The summed E-state index contributed by atoms with van der Waals surface area (Å²) in [7, 11) is 0. The van der Waals surface area contributed by atoms with Crippen molar-refractivity contribution in [3.8, 4) is 0 Å². The molecule has 0 spiro atoms. The SMILES string of the molecule is CC(C)CCC[C@@H](C)[C@H]1CC[C@H]2[C@@H]3CCC4[C@H](O)[C@H](O)CC[C@]4(C)[C@H]3CC[C@]12C. The molecule has 168 valence electrons. The van der Waals surface area contributed by atoms with Crippen molar-refractivity contribution in [3.63, 3.8) is 0 Å². The molecular formula is C27H48O2. The van der Waals surface area contributed by atoms with Crippen LogP contribution in [-0.2, 0) is 0 Å². The highest BCUT2D eigenvalue weighted by molar-refractivity contribution is 5.11. The van der Waals surface area contributed by atoms with Gasteiger partial charge in [0.2, 0.25) is 0 Å². The molecule has 0 aromatic heterocycles. The summed E-state index contributed by atoms with van der Waals surface area (Å²) in [6.45, 7) is 12.4. The van der Waals surface area contributed by atoms with E-state index < -0.39 is 12.2 Å². The monoisotopic (exact) mass is 404 g/mol. The maximum atomic E-state index is 10.8. The minimum absolute atomic E-state index is 0.254. The minimum Gasteiger partial charge on any atom is -0.390 e. The molecule has 4 saturated carbocycles. The Labute approximate surface area is 180 Å². The third-order valence-electron chi connectivity index (χ3n) is 10.9. The Hall–Kier alpha value is -0.0800. The predicted octanol–water partition coefficient (Wildman–Crippen LogP) is 6.44. The molecule has 2 N–H and O–H groups in total. The standard InChI is InChI=1S/C27H48O2/c1-17(2)7-6-8-18(3)20-11-12-21-19-9-10-23-25(29)24(28)14-16-27(23,5)22(19)13-15-26(20,21)4/h17-25,28-29H,6-16H2,1-5H3/t18-,19+,20-,21+,22+,23?,24-,25+,26-,27-/m1/s1. The largest absolute Gasteiger partial charge is 0.390 e. The lowest BCUT2D eigenvalue weighted by Gasteiger charge is -2.62. The lowest BCUT2D eigenvalue weighted by atomic mass is 9.44. The number of hydrogen-bond donors (Lipinski definition) is 2. The van der Waals surface area contributed by atoms with E-state index in [1.54, 1.807) is 0 Å². The Morgan fingerprint density at radius 3 is 2.14 bits per heavy atom. The van der Waals surface area contributed by atoms with Gasteiger partial charge in [0.15, 0.2) is 0 Å². The fourth-order valence-electron chi connectivity index (χ4n) is 9.34. The Morgan fingerprint density at radius 1 is 0.759 bits per heavy atom. The molecular weight excluding hydrogens is 356 g/mol. The van der Waals surface area contributed by atoms with Crippen molar-refractivity contribution in [1.29, 1.82) is 0 Å². The molecule has 0 radical (unpaired) electrons. The molecule has 4 aliphatic rings. The van der Waals surface area contributed by atoms with Crippen LogP contribution < -0.4 is 0 Å². The lowest BCUT2D eigenvalue weighted by Crippen LogP contribution is -2.58. The number of hydrogen-bond acceptors (Lipinski definition) is 2. The van der Waals surface area contributed by atoms with Crippen LogP contribution in [0.3, 0.4) is 0 Å². The van der Waals surface area contributed by atoms with Gasteiger partial charge in [0.25, 0.3) is 0 Å². The zero-order valence-electron chi connectivity index (χ0n) is 19.9. The summed E-state index contributed by atoms with van der Waals surface area (Å²) in [6, 6.07) is 0. The van der Waals surface area contributed by atoms with E-state index in [1.807, 2.05) is 0 Å². The van der Waals surface area contributed by atoms with Crippen LogP contribution in [0.15, 0.2) is 0 Å². The molecule has 0 aromatic carbocycles. The average molecular weight is 405 g/mol. The smallest absolute Gasteiger partial charge is 0.0832 e. The van der Waals surface area contributed by atoms with E-state index in [0.29, 0.717) is 11.3 Å². The summed E-state index contributed by atoms with van der Waals surface area (Å²) in [5.41, 5.74) is 0.804. The first-order valence-electron chi connectivity index (χ1n) is 13.0. The minimum atomic E-state index is -0.486. The van der Waals surface area contributed by atoms with Gasteiger partial charge < -0.3 is 10.2 Å². The van der Waals surface area contributed by atoms with Crippen LogP contribution in [0.5, 0.6) is 0 Å². The lowest BCUT2D eigenvalue weighted by molar-refractivity contribution is -0.174. The van der Waals surface area contributed by atoms with E-state index in [9.17, 15) is 10.2 Å². The number of fused-ring (bicyclic) bond motifs is 5. The van der Waals surface area contributed by atoms with Gasteiger partial charge in [-0.2, -0.15) is 0 Å². The second kappa shape index (κ2) is 8.12. The summed E-state index contributed by atoms with van der Waals surface area (Å²) in [5.74, 6) is 5.50. The summed E-state index contributed by atoms with van der Waals surface area (Å²) in [5, 5.41) is 21.0. The van der Waals surface area contributed by atoms with Crippen molar-refractivity contribution in [2.45, 2.75) is 117 Å². The van der Waals surface area contributed by atoms with Gasteiger partial charge >= 0.3 is 0 Å². The molecule has 4 rings (SSSR count). The van der Waals surface area contributed by atoms with E-state index in [4.69, 9.17) is 0 Å². The highest BCUT2D eigenvalue weighted by atomic mass is 16.3. The molecule has 0 aromatic rings. The molecule has 4 fully saturated rings. The van der Waals surface area contributed by atoms with Crippen molar-refractivity contribution >= 4 is 0 Å². The van der Waals surface area contributed by atoms with Gasteiger partial charge in [-0.25, -0.2) is 0 Å². The molecule has 0 saturated heterocycles. The van der Waals surface area contributed by atoms with E-state index in [-0.39, 0.29) is 5.41 Å². The summed E-state index contributed by atoms with van der Waals surface area (Å²) < 4.78 is 0. The maximum Gasteiger partial charge on any atom is 0.0832 e. The maximum absolute atomic E-state index is 10.8. The highest BCUT2D eigenvalue weighted by Gasteiger charge is 2.61. The Balaban J connectivity index is 1.48. The van der Waals surface area contributed by atoms with Crippen LogP contribution in [0.4, 0.5) is 0 Å². The highest BCUT2D eigenvalue weighted by Crippen LogP contribution is 2.68. The number of aliphatic hydroxyl groups excluding tert-OH is 2. The van der Waals surface area contributed by atoms with Crippen LogP contribution in [0.1, 0.15) is 105 Å². The fraction of sp³-hybridized carbons (Fsp3) is 1.00. The second-order valence-corrected chi connectivity index (χ2v) is 12.7. The zero-order valence-corrected chi connectivity index (χ0v) is 19.9. The van der Waals surface area contributed by atoms with Gasteiger partial charge in [0.1, 0.15) is 0 Å². The zero-order chi connectivity index (χ0) is 21.0. The van der Waals surface area contributed by atoms with Crippen LogP contribution in [0.2, 0.25) is 0 Å². The van der Waals surface area contributed by atoms with Crippen molar-refractivity contribution < 1.29 is 10.2 Å². The Morgan fingerprint density at radius 2 is 1.41 bits per heavy atom. The Kier molecular flexibility index (Phi) is 6.19. The molecule has 2 heteroatoms. The number of rotatable bonds is 5. The first-order chi connectivity index (χ1) is 13.7. The van der Waals surface area contributed by atoms with E-state index in [0.717, 1.165) is 54.8 Å².